The lowest BCUT2D eigenvalue weighted by atomic mass is 9.70. The fraction of sp³-hybridized carbons (Fsp3) is 0.905. The van der Waals surface area contributed by atoms with Crippen molar-refractivity contribution in [2.24, 2.45) is 11.8 Å². The molecule has 0 spiro atoms. The van der Waals surface area contributed by atoms with Gasteiger partial charge in [-0.15, -0.1) is 0 Å². The Morgan fingerprint density at radius 3 is 2.54 bits per heavy atom. The zero-order valence-electron chi connectivity index (χ0n) is 16.4. The van der Waals surface area contributed by atoms with Gasteiger partial charge in [0, 0.05) is 25.6 Å². The molecule has 3 aliphatic carbocycles. The Morgan fingerprint density at radius 1 is 1.00 bits per heavy atom. The summed E-state index contributed by atoms with van der Waals surface area (Å²) in [5, 5.41) is 4.15. The molecule has 0 saturated heterocycles. The van der Waals surface area contributed by atoms with E-state index in [4.69, 9.17) is 9.26 Å². The summed E-state index contributed by atoms with van der Waals surface area (Å²) in [4.78, 5) is 7.39. The largest absolute Gasteiger partial charge is 0.384 e. The Morgan fingerprint density at radius 2 is 1.77 bits per heavy atom. The van der Waals surface area contributed by atoms with Crippen LogP contribution in [0.4, 0.5) is 0 Å². The SMILES string of the molecule is COCCc1noc(CN(C2CC2)[C@@H]2CCCC[C@H]2C2CCCCC2)n1. The normalized spacial score (nSPS) is 27.9. The van der Waals surface area contributed by atoms with E-state index >= 15 is 0 Å². The molecule has 0 bridgehead atoms. The summed E-state index contributed by atoms with van der Waals surface area (Å²) in [6.07, 6.45) is 16.3. The highest BCUT2D eigenvalue weighted by atomic mass is 16.5. The molecule has 0 radical (unpaired) electrons. The second-order valence-electron chi connectivity index (χ2n) is 8.66. The lowest BCUT2D eigenvalue weighted by Crippen LogP contribution is -2.46. The van der Waals surface area contributed by atoms with Gasteiger partial charge in [0.05, 0.1) is 13.2 Å². The molecule has 2 atom stereocenters. The quantitative estimate of drug-likeness (QED) is 0.688. The molecule has 0 aromatic carbocycles. The molecule has 0 N–H and O–H groups in total. The van der Waals surface area contributed by atoms with Gasteiger partial charge in [-0.2, -0.15) is 4.98 Å². The topological polar surface area (TPSA) is 51.4 Å². The van der Waals surface area contributed by atoms with Crippen LogP contribution >= 0.6 is 0 Å². The summed E-state index contributed by atoms with van der Waals surface area (Å²) >= 11 is 0. The summed E-state index contributed by atoms with van der Waals surface area (Å²) in [5.41, 5.74) is 0. The average molecular weight is 362 g/mol. The minimum absolute atomic E-state index is 0.650. The maximum absolute atomic E-state index is 5.58. The van der Waals surface area contributed by atoms with Gasteiger partial charge in [0.2, 0.25) is 5.89 Å². The molecule has 26 heavy (non-hydrogen) atoms. The molecule has 0 amide bonds. The van der Waals surface area contributed by atoms with Crippen molar-refractivity contribution < 1.29 is 9.26 Å². The highest BCUT2D eigenvalue weighted by molar-refractivity contribution is 4.97. The van der Waals surface area contributed by atoms with Gasteiger partial charge in [-0.1, -0.05) is 50.1 Å². The summed E-state index contributed by atoms with van der Waals surface area (Å²) in [6, 6.07) is 1.48. The number of hydrogen-bond donors (Lipinski definition) is 0. The number of rotatable bonds is 8. The van der Waals surface area contributed by atoms with E-state index in [0.717, 1.165) is 48.6 Å². The van der Waals surface area contributed by atoms with E-state index in [0.29, 0.717) is 6.61 Å². The van der Waals surface area contributed by atoms with Gasteiger partial charge in [0.25, 0.3) is 0 Å². The maximum atomic E-state index is 5.58. The van der Waals surface area contributed by atoms with Crippen molar-refractivity contribution >= 4 is 0 Å². The van der Waals surface area contributed by atoms with Crippen LogP contribution in [0.5, 0.6) is 0 Å². The first-order chi connectivity index (χ1) is 12.8. The molecule has 0 unspecified atom stereocenters. The van der Waals surface area contributed by atoms with Crippen molar-refractivity contribution in [3.63, 3.8) is 0 Å². The Bertz CT molecular complexity index is 551. The van der Waals surface area contributed by atoms with Crippen molar-refractivity contribution in [2.45, 2.75) is 95.7 Å². The molecule has 3 aliphatic rings. The second kappa shape index (κ2) is 8.83. The lowest BCUT2D eigenvalue weighted by molar-refractivity contribution is 0.0390. The van der Waals surface area contributed by atoms with Gasteiger partial charge in [0.1, 0.15) is 0 Å². The first-order valence-electron chi connectivity index (χ1n) is 10.9. The number of methoxy groups -OCH3 is 1. The summed E-state index contributed by atoms with van der Waals surface area (Å²) in [5.74, 6) is 3.43. The standard InChI is InChI=1S/C21H35N3O2/c1-25-14-13-20-22-21(26-23-20)15-24(17-11-12-17)19-10-6-5-9-18(19)16-7-3-2-4-8-16/h16-19H,2-15H2,1H3/t18-,19+/m0/s1. The smallest absolute Gasteiger partial charge is 0.240 e. The average Bonchev–Trinajstić information content (AvgIpc) is 3.44. The second-order valence-corrected chi connectivity index (χ2v) is 8.66. The summed E-state index contributed by atoms with van der Waals surface area (Å²) in [7, 11) is 1.71. The fourth-order valence-corrected chi connectivity index (χ4v) is 5.39. The molecule has 146 valence electrons. The van der Waals surface area contributed by atoms with Crippen LogP contribution in [-0.2, 0) is 17.7 Å². The molecule has 3 saturated carbocycles. The van der Waals surface area contributed by atoms with E-state index in [1.54, 1.807) is 7.11 Å². The number of hydrogen-bond acceptors (Lipinski definition) is 5. The van der Waals surface area contributed by atoms with Gasteiger partial charge in [-0.3, -0.25) is 4.90 Å². The van der Waals surface area contributed by atoms with Crippen LogP contribution in [0.3, 0.4) is 0 Å². The molecule has 1 aromatic rings. The maximum Gasteiger partial charge on any atom is 0.240 e. The summed E-state index contributed by atoms with van der Waals surface area (Å²) < 4.78 is 10.7. The van der Waals surface area contributed by atoms with Crippen LogP contribution in [0.25, 0.3) is 0 Å². The van der Waals surface area contributed by atoms with E-state index in [-0.39, 0.29) is 0 Å². The molecule has 1 heterocycles. The Hall–Kier alpha value is -0.940. The van der Waals surface area contributed by atoms with E-state index in [2.05, 4.69) is 15.0 Å². The monoisotopic (exact) mass is 361 g/mol. The fourth-order valence-electron chi connectivity index (χ4n) is 5.39. The zero-order chi connectivity index (χ0) is 17.8. The first kappa shape index (κ1) is 18.4. The van der Waals surface area contributed by atoms with Crippen LogP contribution in [-0.4, -0.2) is 40.8 Å². The zero-order valence-corrected chi connectivity index (χ0v) is 16.4. The Kier molecular flexibility index (Phi) is 6.26. The van der Waals surface area contributed by atoms with E-state index in [9.17, 15) is 0 Å². The molecule has 3 fully saturated rings. The highest BCUT2D eigenvalue weighted by Crippen LogP contribution is 2.43. The highest BCUT2D eigenvalue weighted by Gasteiger charge is 2.41. The van der Waals surface area contributed by atoms with Crippen LogP contribution in [0, 0.1) is 11.8 Å². The van der Waals surface area contributed by atoms with Crippen molar-refractivity contribution in [1.82, 2.24) is 15.0 Å². The summed E-state index contributed by atoms with van der Waals surface area (Å²) in [6.45, 7) is 1.50. The van der Waals surface area contributed by atoms with Crippen molar-refractivity contribution in [2.75, 3.05) is 13.7 Å². The molecular formula is C21H35N3O2. The van der Waals surface area contributed by atoms with Crippen LogP contribution < -0.4 is 0 Å². The van der Waals surface area contributed by atoms with E-state index < -0.39 is 0 Å². The van der Waals surface area contributed by atoms with Crippen molar-refractivity contribution in [3.8, 4) is 0 Å². The van der Waals surface area contributed by atoms with Gasteiger partial charge in [-0.25, -0.2) is 0 Å². The van der Waals surface area contributed by atoms with Crippen LogP contribution in [0.2, 0.25) is 0 Å². The predicted molar refractivity (Wildman–Crippen MR) is 101 cm³/mol. The third-order valence-electron chi connectivity index (χ3n) is 6.84. The Labute approximate surface area is 157 Å². The van der Waals surface area contributed by atoms with Gasteiger partial charge >= 0.3 is 0 Å². The first-order valence-corrected chi connectivity index (χ1v) is 10.9. The van der Waals surface area contributed by atoms with Gasteiger partial charge in [0.15, 0.2) is 5.82 Å². The number of ether oxygens (including phenoxy) is 1. The van der Waals surface area contributed by atoms with Gasteiger partial charge in [-0.05, 0) is 37.5 Å². The Balaban J connectivity index is 1.44. The molecule has 5 heteroatoms. The van der Waals surface area contributed by atoms with Crippen molar-refractivity contribution in [3.05, 3.63) is 11.7 Å². The molecule has 5 nitrogen and oxygen atoms in total. The lowest BCUT2D eigenvalue weighted by Gasteiger charge is -2.44. The molecule has 0 aliphatic heterocycles. The third-order valence-corrected chi connectivity index (χ3v) is 6.84. The van der Waals surface area contributed by atoms with E-state index in [1.165, 1.54) is 70.6 Å². The van der Waals surface area contributed by atoms with Crippen molar-refractivity contribution in [1.29, 1.82) is 0 Å². The predicted octanol–water partition coefficient (Wildman–Crippen LogP) is 4.36. The molecular weight excluding hydrogens is 326 g/mol. The minimum Gasteiger partial charge on any atom is -0.384 e. The van der Waals surface area contributed by atoms with E-state index in [1.807, 2.05) is 0 Å². The van der Waals surface area contributed by atoms with Gasteiger partial charge < -0.3 is 9.26 Å². The molecule has 4 rings (SSSR count). The van der Waals surface area contributed by atoms with Crippen LogP contribution in [0.15, 0.2) is 4.52 Å². The molecule has 1 aromatic heterocycles. The number of nitrogens with zero attached hydrogens (tertiary/aromatic N) is 3. The number of aromatic nitrogens is 2. The van der Waals surface area contributed by atoms with Crippen LogP contribution in [0.1, 0.15) is 82.3 Å². The minimum atomic E-state index is 0.650. The third kappa shape index (κ3) is 4.48.